The van der Waals surface area contributed by atoms with Crippen molar-refractivity contribution >= 4 is 18.5 Å². The van der Waals surface area contributed by atoms with Gasteiger partial charge in [0.25, 0.3) is 0 Å². The molecule has 0 saturated heterocycles. The highest BCUT2D eigenvalue weighted by molar-refractivity contribution is 7.73. The first-order chi connectivity index (χ1) is 19.1. The highest BCUT2D eigenvalue weighted by atomic mass is 31.1. The SMILES string of the molecule is CCCCP(c1cc(OC)cc(C(C)(C)C)c1OCCN(C)C)c1cc(OC)cc(C(C)(C)C)c1OCCN(C)C. The number of benzene rings is 2. The molecule has 2 rings (SSSR count). The van der Waals surface area contributed by atoms with E-state index in [4.69, 9.17) is 18.9 Å². The minimum atomic E-state index is -0.870. The third-order valence-electron chi connectivity index (χ3n) is 7.06. The van der Waals surface area contributed by atoms with Crippen LogP contribution in [0.4, 0.5) is 0 Å². The molecule has 0 radical (unpaired) electrons. The summed E-state index contributed by atoms with van der Waals surface area (Å²) in [6.45, 7) is 18.7. The molecule has 0 atom stereocenters. The zero-order chi connectivity index (χ0) is 31.0. The van der Waals surface area contributed by atoms with Gasteiger partial charge in [0.2, 0.25) is 0 Å². The molecule has 0 spiro atoms. The molecule has 41 heavy (non-hydrogen) atoms. The lowest BCUT2D eigenvalue weighted by Crippen LogP contribution is -2.28. The Labute approximate surface area is 252 Å². The quantitative estimate of drug-likeness (QED) is 0.224. The summed E-state index contributed by atoms with van der Waals surface area (Å²) >= 11 is 0. The van der Waals surface area contributed by atoms with Crippen LogP contribution in [0.5, 0.6) is 23.0 Å². The van der Waals surface area contributed by atoms with Crippen LogP contribution in [-0.2, 0) is 10.8 Å². The molecular formula is C34H57N2O4P. The summed E-state index contributed by atoms with van der Waals surface area (Å²) in [6, 6.07) is 8.73. The first-order valence-electron chi connectivity index (χ1n) is 14.9. The monoisotopic (exact) mass is 588 g/mol. The maximum Gasteiger partial charge on any atom is 0.131 e. The molecule has 0 bridgehead atoms. The average molecular weight is 589 g/mol. The molecule has 0 aromatic heterocycles. The summed E-state index contributed by atoms with van der Waals surface area (Å²) in [5.41, 5.74) is 2.09. The van der Waals surface area contributed by atoms with Crippen LogP contribution in [0.3, 0.4) is 0 Å². The van der Waals surface area contributed by atoms with Crippen molar-refractivity contribution < 1.29 is 18.9 Å². The van der Waals surface area contributed by atoms with Gasteiger partial charge in [-0.25, -0.2) is 0 Å². The Morgan fingerprint density at radius 1 is 0.659 bits per heavy atom. The smallest absolute Gasteiger partial charge is 0.131 e. The Hall–Kier alpha value is -2.01. The van der Waals surface area contributed by atoms with E-state index in [2.05, 4.69) is 111 Å². The van der Waals surface area contributed by atoms with E-state index in [1.807, 2.05) is 0 Å². The zero-order valence-electron chi connectivity index (χ0n) is 28.2. The normalized spacial score (nSPS) is 12.4. The second kappa shape index (κ2) is 15.5. The van der Waals surface area contributed by atoms with E-state index in [0.717, 1.165) is 55.1 Å². The van der Waals surface area contributed by atoms with E-state index >= 15 is 0 Å². The molecule has 0 fully saturated rings. The van der Waals surface area contributed by atoms with Crippen LogP contribution < -0.4 is 29.6 Å². The molecule has 0 amide bonds. The van der Waals surface area contributed by atoms with Crippen LogP contribution in [0.25, 0.3) is 0 Å². The van der Waals surface area contributed by atoms with E-state index < -0.39 is 7.92 Å². The maximum absolute atomic E-state index is 6.73. The largest absolute Gasteiger partial charge is 0.497 e. The number of likely N-dealkylation sites (N-methyl/N-ethyl adjacent to an activating group) is 2. The lowest BCUT2D eigenvalue weighted by atomic mass is 9.86. The third kappa shape index (κ3) is 10.0. The molecular weight excluding hydrogens is 531 g/mol. The van der Waals surface area contributed by atoms with Crippen LogP contribution in [-0.4, -0.2) is 84.7 Å². The molecule has 2 aromatic carbocycles. The zero-order valence-corrected chi connectivity index (χ0v) is 29.1. The van der Waals surface area contributed by atoms with Crippen LogP contribution >= 0.6 is 7.92 Å². The Kier molecular flexibility index (Phi) is 13.3. The Bertz CT molecular complexity index is 1020. The molecule has 232 valence electrons. The predicted octanol–water partition coefficient (Wildman–Crippen LogP) is 6.41. The molecule has 2 aromatic rings. The summed E-state index contributed by atoms with van der Waals surface area (Å²) in [7, 11) is 11.0. The van der Waals surface area contributed by atoms with Crippen molar-refractivity contribution in [3.05, 3.63) is 35.4 Å². The second-order valence-electron chi connectivity index (χ2n) is 13.4. The Balaban J connectivity index is 2.96. The fraction of sp³-hybridized carbons (Fsp3) is 0.647. The Morgan fingerprint density at radius 2 is 1.05 bits per heavy atom. The van der Waals surface area contributed by atoms with Gasteiger partial charge < -0.3 is 28.7 Å². The first-order valence-corrected chi connectivity index (χ1v) is 16.4. The van der Waals surface area contributed by atoms with Gasteiger partial charge in [-0.15, -0.1) is 0 Å². The van der Waals surface area contributed by atoms with Gasteiger partial charge in [-0.3, -0.25) is 0 Å². The van der Waals surface area contributed by atoms with E-state index in [1.54, 1.807) is 14.2 Å². The molecule has 0 aliphatic heterocycles. The molecule has 0 unspecified atom stereocenters. The van der Waals surface area contributed by atoms with Gasteiger partial charge in [-0.2, -0.15) is 0 Å². The summed E-state index contributed by atoms with van der Waals surface area (Å²) < 4.78 is 25.3. The Morgan fingerprint density at radius 3 is 1.34 bits per heavy atom. The van der Waals surface area contributed by atoms with Crippen molar-refractivity contribution in [2.45, 2.75) is 72.1 Å². The lowest BCUT2D eigenvalue weighted by Gasteiger charge is -2.32. The number of hydrogen-bond donors (Lipinski definition) is 0. The second-order valence-corrected chi connectivity index (χ2v) is 15.6. The average Bonchev–Trinajstić information content (AvgIpc) is 2.87. The summed E-state index contributed by atoms with van der Waals surface area (Å²) in [5.74, 6) is 3.70. The van der Waals surface area contributed by atoms with Gasteiger partial charge in [0.15, 0.2) is 0 Å². The van der Waals surface area contributed by atoms with Crippen molar-refractivity contribution in [2.24, 2.45) is 0 Å². The van der Waals surface area contributed by atoms with E-state index in [9.17, 15) is 0 Å². The van der Waals surface area contributed by atoms with Gasteiger partial charge in [-0.05, 0) is 83.8 Å². The highest BCUT2D eigenvalue weighted by Gasteiger charge is 2.32. The minimum absolute atomic E-state index is 0.127. The predicted molar refractivity (Wildman–Crippen MR) is 177 cm³/mol. The fourth-order valence-electron chi connectivity index (χ4n) is 4.58. The van der Waals surface area contributed by atoms with E-state index in [1.165, 1.54) is 21.7 Å². The van der Waals surface area contributed by atoms with Gasteiger partial charge >= 0.3 is 0 Å². The standard InChI is InChI=1S/C34H57N2O4P/c1-14-15-20-41(29-23-25(37-12)21-27(33(2,3)4)31(29)39-18-16-35(8)9)30-24-26(38-13)22-28(34(5,6)7)32(30)40-19-17-36(10)11/h21-24H,14-20H2,1-13H3. The number of methoxy groups -OCH3 is 2. The fourth-order valence-corrected chi connectivity index (χ4v) is 7.38. The minimum Gasteiger partial charge on any atom is -0.497 e. The maximum atomic E-state index is 6.73. The summed E-state index contributed by atoms with van der Waals surface area (Å²) in [4.78, 5) is 4.32. The van der Waals surface area contributed by atoms with E-state index in [-0.39, 0.29) is 10.8 Å². The summed E-state index contributed by atoms with van der Waals surface area (Å²) in [5, 5.41) is 2.42. The molecule has 7 heteroatoms. The van der Waals surface area contributed by atoms with Crippen molar-refractivity contribution in [3.8, 4) is 23.0 Å². The van der Waals surface area contributed by atoms with Gasteiger partial charge in [0.05, 0.1) is 14.2 Å². The van der Waals surface area contributed by atoms with Gasteiger partial charge in [0, 0.05) is 34.8 Å². The highest BCUT2D eigenvalue weighted by Crippen LogP contribution is 2.48. The molecule has 0 aliphatic carbocycles. The van der Waals surface area contributed by atoms with Crippen LogP contribution in [0.1, 0.15) is 72.4 Å². The number of hydrogen-bond acceptors (Lipinski definition) is 6. The van der Waals surface area contributed by atoms with Gasteiger partial charge in [-0.1, -0.05) is 54.9 Å². The van der Waals surface area contributed by atoms with E-state index in [0.29, 0.717) is 13.2 Å². The summed E-state index contributed by atoms with van der Waals surface area (Å²) in [6.07, 6.45) is 3.23. The van der Waals surface area contributed by atoms with Crippen molar-refractivity contribution in [2.75, 3.05) is 74.9 Å². The lowest BCUT2D eigenvalue weighted by molar-refractivity contribution is 0.258. The number of rotatable bonds is 15. The number of unbranched alkanes of at least 4 members (excludes halogenated alkanes) is 1. The topological polar surface area (TPSA) is 43.4 Å². The molecule has 0 heterocycles. The molecule has 0 N–H and O–H groups in total. The van der Waals surface area contributed by atoms with Crippen LogP contribution in [0, 0.1) is 0 Å². The molecule has 0 aliphatic rings. The molecule has 0 saturated carbocycles. The van der Waals surface area contributed by atoms with Crippen molar-refractivity contribution in [1.82, 2.24) is 9.80 Å². The molecule has 6 nitrogen and oxygen atoms in total. The van der Waals surface area contributed by atoms with Crippen LogP contribution in [0.15, 0.2) is 24.3 Å². The number of ether oxygens (including phenoxy) is 4. The van der Waals surface area contributed by atoms with Gasteiger partial charge in [0.1, 0.15) is 36.2 Å². The van der Waals surface area contributed by atoms with Crippen LogP contribution in [0.2, 0.25) is 0 Å². The van der Waals surface area contributed by atoms with Crippen molar-refractivity contribution in [1.29, 1.82) is 0 Å². The third-order valence-corrected chi connectivity index (χ3v) is 9.65. The van der Waals surface area contributed by atoms with Crippen molar-refractivity contribution in [3.63, 3.8) is 0 Å². The first kappa shape index (κ1) is 35.2. The number of nitrogens with zero attached hydrogens (tertiary/aromatic N) is 2.